The molecule has 1 fully saturated rings. The Bertz CT molecular complexity index is 863. The Morgan fingerprint density at radius 3 is 2.25 bits per heavy atom. The van der Waals surface area contributed by atoms with Gasteiger partial charge in [-0.25, -0.2) is 0 Å². The largest absolute Gasteiger partial charge is 0.494 e. The molecule has 6 nitrogen and oxygen atoms in total. The average molecular weight is 461 g/mol. The second-order valence-corrected chi connectivity index (χ2v) is 8.32. The fourth-order valence-corrected chi connectivity index (χ4v) is 4.44. The molecule has 0 radical (unpaired) electrons. The number of ether oxygens (including phenoxy) is 1. The molecule has 3 rings (SSSR count). The van der Waals surface area contributed by atoms with Crippen LogP contribution < -0.4 is 4.74 Å². The van der Waals surface area contributed by atoms with Gasteiger partial charge in [0.1, 0.15) is 5.75 Å². The SMILES string of the molecule is CCOc1ccc(C(=O)CCCN(C)C2CCC(c3ccc([N+](=O)[O-])cc3)CC2)cc1.Cl. The molecule has 0 spiro atoms. The van der Waals surface area contributed by atoms with Gasteiger partial charge in [-0.2, -0.15) is 0 Å². The van der Waals surface area contributed by atoms with Gasteiger partial charge in [-0.15, -0.1) is 12.4 Å². The Balaban J connectivity index is 0.00000363. The molecule has 0 atom stereocenters. The van der Waals surface area contributed by atoms with E-state index < -0.39 is 0 Å². The lowest BCUT2D eigenvalue weighted by molar-refractivity contribution is -0.384. The highest BCUT2D eigenvalue weighted by molar-refractivity contribution is 5.96. The lowest BCUT2D eigenvalue weighted by atomic mass is 9.81. The Kier molecular flexibility index (Phi) is 10.1. The molecule has 0 N–H and O–H groups in total. The van der Waals surface area contributed by atoms with Gasteiger partial charge < -0.3 is 9.64 Å². The molecule has 2 aromatic carbocycles. The number of Topliss-reactive ketones (excluding diaryl/α,β-unsaturated/α-hetero) is 1. The third-order valence-corrected chi connectivity index (χ3v) is 6.30. The van der Waals surface area contributed by atoms with Gasteiger partial charge in [0.05, 0.1) is 11.5 Å². The van der Waals surface area contributed by atoms with Gasteiger partial charge in [-0.1, -0.05) is 12.1 Å². The van der Waals surface area contributed by atoms with Crippen molar-refractivity contribution in [1.29, 1.82) is 0 Å². The fraction of sp³-hybridized carbons (Fsp3) is 0.480. The molecule has 1 aliphatic rings. The summed E-state index contributed by atoms with van der Waals surface area (Å²) >= 11 is 0. The number of hydrogen-bond acceptors (Lipinski definition) is 5. The first-order valence-electron chi connectivity index (χ1n) is 11.2. The highest BCUT2D eigenvalue weighted by Crippen LogP contribution is 2.35. The maximum atomic E-state index is 12.4. The molecule has 32 heavy (non-hydrogen) atoms. The van der Waals surface area contributed by atoms with Gasteiger partial charge in [0.25, 0.3) is 5.69 Å². The van der Waals surface area contributed by atoms with E-state index in [1.54, 1.807) is 12.1 Å². The number of halogens is 1. The van der Waals surface area contributed by atoms with Crippen molar-refractivity contribution in [3.05, 3.63) is 69.8 Å². The summed E-state index contributed by atoms with van der Waals surface area (Å²) in [7, 11) is 2.15. The van der Waals surface area contributed by atoms with E-state index in [4.69, 9.17) is 4.74 Å². The van der Waals surface area contributed by atoms with Gasteiger partial charge in [-0.05, 0) is 88.4 Å². The molecule has 0 unspecified atom stereocenters. The standard InChI is InChI=1S/C25H32N2O4.ClH/c1-3-31-24-16-10-21(11-17-24)25(28)5-4-18-26(2)22-12-6-19(7-13-22)20-8-14-23(15-9-20)27(29)30;/h8-11,14-17,19,22H,3-7,12-13,18H2,1-2H3;1H. The van der Waals surface area contributed by atoms with Crippen LogP contribution in [-0.4, -0.2) is 41.8 Å². The smallest absolute Gasteiger partial charge is 0.269 e. The number of ketones is 1. The van der Waals surface area contributed by atoms with Crippen molar-refractivity contribution in [3.8, 4) is 5.75 Å². The number of benzene rings is 2. The normalized spacial score (nSPS) is 18.1. The summed E-state index contributed by atoms with van der Waals surface area (Å²) in [6.07, 6.45) is 5.83. The van der Waals surface area contributed by atoms with Crippen molar-refractivity contribution >= 4 is 23.9 Å². The Hall–Kier alpha value is -2.44. The van der Waals surface area contributed by atoms with E-state index in [0.717, 1.165) is 50.0 Å². The molecule has 0 amide bonds. The zero-order chi connectivity index (χ0) is 22.2. The van der Waals surface area contributed by atoms with Crippen LogP contribution in [0.5, 0.6) is 5.75 Å². The second-order valence-electron chi connectivity index (χ2n) is 8.32. The summed E-state index contributed by atoms with van der Waals surface area (Å²) in [4.78, 5) is 25.3. The summed E-state index contributed by atoms with van der Waals surface area (Å²) in [6, 6.07) is 14.9. The molecule has 0 bridgehead atoms. The summed E-state index contributed by atoms with van der Waals surface area (Å²) in [5, 5.41) is 10.8. The zero-order valence-electron chi connectivity index (χ0n) is 18.9. The number of rotatable bonds is 10. The maximum Gasteiger partial charge on any atom is 0.269 e. The summed E-state index contributed by atoms with van der Waals surface area (Å²) in [5.74, 6) is 1.45. The molecule has 7 heteroatoms. The topological polar surface area (TPSA) is 72.7 Å². The van der Waals surface area contributed by atoms with Gasteiger partial charge >= 0.3 is 0 Å². The van der Waals surface area contributed by atoms with Crippen molar-refractivity contribution in [2.75, 3.05) is 20.2 Å². The predicted molar refractivity (Wildman–Crippen MR) is 129 cm³/mol. The first-order valence-corrected chi connectivity index (χ1v) is 11.2. The van der Waals surface area contributed by atoms with Crippen molar-refractivity contribution in [2.45, 2.75) is 57.4 Å². The summed E-state index contributed by atoms with van der Waals surface area (Å²) in [6.45, 7) is 3.47. The third-order valence-electron chi connectivity index (χ3n) is 6.30. The minimum Gasteiger partial charge on any atom is -0.494 e. The van der Waals surface area contributed by atoms with Gasteiger partial charge in [0.2, 0.25) is 0 Å². The van der Waals surface area contributed by atoms with Gasteiger partial charge in [0, 0.05) is 30.2 Å². The highest BCUT2D eigenvalue weighted by atomic mass is 35.5. The molecule has 1 aliphatic carbocycles. The van der Waals surface area contributed by atoms with Crippen molar-refractivity contribution in [3.63, 3.8) is 0 Å². The fourth-order valence-electron chi connectivity index (χ4n) is 4.44. The van der Waals surface area contributed by atoms with Crippen molar-refractivity contribution in [1.82, 2.24) is 4.90 Å². The number of non-ortho nitro benzene ring substituents is 1. The Morgan fingerprint density at radius 2 is 1.69 bits per heavy atom. The molecule has 174 valence electrons. The molecule has 0 saturated heterocycles. The Labute approximate surface area is 196 Å². The number of hydrogen-bond donors (Lipinski definition) is 0. The molecule has 1 saturated carbocycles. The molecule has 0 aromatic heterocycles. The van der Waals surface area contributed by atoms with Crippen molar-refractivity contribution in [2.24, 2.45) is 0 Å². The van der Waals surface area contributed by atoms with Crippen LogP contribution in [-0.2, 0) is 0 Å². The van der Waals surface area contributed by atoms with Crippen LogP contribution in [0.25, 0.3) is 0 Å². The molecular weight excluding hydrogens is 428 g/mol. The minimum absolute atomic E-state index is 0. The van der Waals surface area contributed by atoms with Crippen molar-refractivity contribution < 1.29 is 14.5 Å². The third kappa shape index (κ3) is 7.04. The maximum absolute atomic E-state index is 12.4. The van der Waals surface area contributed by atoms with E-state index in [9.17, 15) is 14.9 Å². The number of nitro groups is 1. The van der Waals surface area contributed by atoms with Crippen LogP contribution in [0, 0.1) is 10.1 Å². The number of nitro benzene ring substituents is 1. The lowest BCUT2D eigenvalue weighted by Gasteiger charge is -2.35. The van der Waals surface area contributed by atoms with E-state index in [1.807, 2.05) is 43.3 Å². The summed E-state index contributed by atoms with van der Waals surface area (Å²) < 4.78 is 5.43. The minimum atomic E-state index is -0.351. The van der Waals surface area contributed by atoms with Gasteiger partial charge in [0.15, 0.2) is 5.78 Å². The molecule has 0 heterocycles. The highest BCUT2D eigenvalue weighted by Gasteiger charge is 2.25. The summed E-state index contributed by atoms with van der Waals surface area (Å²) in [5.41, 5.74) is 2.10. The van der Waals surface area contributed by atoms with E-state index in [-0.39, 0.29) is 28.8 Å². The lowest BCUT2D eigenvalue weighted by Crippen LogP contribution is -2.35. The first kappa shape index (κ1) is 25.8. The van der Waals surface area contributed by atoms with Crippen LogP contribution in [0.1, 0.15) is 67.3 Å². The van der Waals surface area contributed by atoms with E-state index in [2.05, 4.69) is 11.9 Å². The average Bonchev–Trinajstić information content (AvgIpc) is 2.80. The van der Waals surface area contributed by atoms with Crippen LogP contribution in [0.15, 0.2) is 48.5 Å². The molecule has 2 aromatic rings. The monoisotopic (exact) mass is 460 g/mol. The Morgan fingerprint density at radius 1 is 1.06 bits per heavy atom. The molecular formula is C25H33ClN2O4. The van der Waals surface area contributed by atoms with E-state index in [0.29, 0.717) is 25.0 Å². The van der Waals surface area contributed by atoms with Crippen LogP contribution in [0.3, 0.4) is 0 Å². The first-order chi connectivity index (χ1) is 15.0. The second kappa shape index (κ2) is 12.6. The number of nitrogens with zero attached hydrogens (tertiary/aromatic N) is 2. The predicted octanol–water partition coefficient (Wildman–Crippen LogP) is 6.04. The zero-order valence-corrected chi connectivity index (χ0v) is 19.7. The van der Waals surface area contributed by atoms with Crippen LogP contribution in [0.4, 0.5) is 5.69 Å². The van der Waals surface area contributed by atoms with Crippen LogP contribution in [0.2, 0.25) is 0 Å². The quantitative estimate of drug-likeness (QED) is 0.245. The molecule has 0 aliphatic heterocycles. The van der Waals surface area contributed by atoms with Crippen LogP contribution >= 0.6 is 12.4 Å². The number of carbonyl (C=O) groups excluding carboxylic acids is 1. The number of carbonyl (C=O) groups is 1. The van der Waals surface area contributed by atoms with Gasteiger partial charge in [-0.3, -0.25) is 14.9 Å². The van der Waals surface area contributed by atoms with E-state index >= 15 is 0 Å². The van der Waals surface area contributed by atoms with E-state index in [1.165, 1.54) is 5.56 Å².